The summed E-state index contributed by atoms with van der Waals surface area (Å²) in [6.45, 7) is 7.22. The summed E-state index contributed by atoms with van der Waals surface area (Å²) >= 11 is 0. The summed E-state index contributed by atoms with van der Waals surface area (Å²) in [6, 6.07) is 4.46. The molecule has 0 aliphatic carbocycles. The first kappa shape index (κ1) is 19.8. The normalized spacial score (nSPS) is 12.2. The van der Waals surface area contributed by atoms with Gasteiger partial charge in [-0.3, -0.25) is 4.79 Å². The Morgan fingerprint density at radius 1 is 1.23 bits per heavy atom. The van der Waals surface area contributed by atoms with Crippen molar-refractivity contribution in [3.63, 3.8) is 0 Å². The fraction of sp³-hybridized carbons (Fsp3) is 0.412. The van der Waals surface area contributed by atoms with Crippen molar-refractivity contribution in [2.24, 2.45) is 0 Å². The Hall–Kier alpha value is -2.55. The van der Waals surface area contributed by atoms with Gasteiger partial charge in [-0.05, 0) is 45.4 Å². The van der Waals surface area contributed by atoms with Crippen molar-refractivity contribution in [2.75, 3.05) is 18.1 Å². The molecule has 1 aromatic carbocycles. The average Bonchev–Trinajstić information content (AvgIpc) is 2.56. The Labute approximate surface area is 152 Å². The van der Waals surface area contributed by atoms with E-state index in [1.165, 1.54) is 12.1 Å². The third kappa shape index (κ3) is 3.67. The van der Waals surface area contributed by atoms with E-state index < -0.39 is 20.1 Å². The van der Waals surface area contributed by atoms with Gasteiger partial charge in [0.25, 0.3) is 5.56 Å². The van der Waals surface area contributed by atoms with Crippen molar-refractivity contribution in [3.05, 3.63) is 28.6 Å². The van der Waals surface area contributed by atoms with Crippen LogP contribution in [0.25, 0.3) is 11.4 Å². The quantitative estimate of drug-likeness (QED) is 0.720. The highest BCUT2D eigenvalue weighted by molar-refractivity contribution is 7.92. The molecule has 0 aliphatic rings. The van der Waals surface area contributed by atoms with Crippen LogP contribution in [0.5, 0.6) is 5.75 Å². The lowest BCUT2D eigenvalue weighted by Crippen LogP contribution is -2.28. The highest BCUT2D eigenvalue weighted by Crippen LogP contribution is 2.34. The van der Waals surface area contributed by atoms with E-state index in [1.54, 1.807) is 26.8 Å². The first-order valence-electron chi connectivity index (χ1n) is 8.16. The predicted octanol–water partition coefficient (Wildman–Crippen LogP) is 1.96. The number of anilines is 2. The summed E-state index contributed by atoms with van der Waals surface area (Å²) in [5, 5.41) is 0. The number of nitrogen functional groups attached to an aromatic ring is 2. The van der Waals surface area contributed by atoms with Crippen LogP contribution in [0, 0.1) is 0 Å². The lowest BCUT2D eigenvalue weighted by molar-refractivity contribution is 0.318. The molecule has 8 nitrogen and oxygen atoms in total. The molecular weight excluding hydrogens is 356 g/mol. The van der Waals surface area contributed by atoms with Crippen molar-refractivity contribution >= 4 is 21.3 Å². The van der Waals surface area contributed by atoms with E-state index in [2.05, 4.69) is 9.97 Å². The lowest BCUT2D eigenvalue weighted by Gasteiger charge is -2.20. The molecule has 142 valence electrons. The summed E-state index contributed by atoms with van der Waals surface area (Å²) in [6.07, 6.45) is 0.759. The van der Waals surface area contributed by atoms with E-state index in [-0.39, 0.29) is 22.2 Å². The zero-order valence-electron chi connectivity index (χ0n) is 15.3. The number of nitrogens with one attached hydrogen (secondary N) is 1. The summed E-state index contributed by atoms with van der Waals surface area (Å²) in [7, 11) is -3.60. The molecule has 0 aliphatic heterocycles. The Balaban J connectivity index is 2.72. The Bertz CT molecular complexity index is 975. The van der Waals surface area contributed by atoms with Crippen LogP contribution in [0.3, 0.4) is 0 Å². The van der Waals surface area contributed by atoms with Crippen LogP contribution in [0.15, 0.2) is 27.9 Å². The van der Waals surface area contributed by atoms with Crippen LogP contribution < -0.4 is 21.8 Å². The summed E-state index contributed by atoms with van der Waals surface area (Å²) in [5.74, 6) is 0.361. The van der Waals surface area contributed by atoms with Crippen LogP contribution in [-0.2, 0) is 9.84 Å². The second kappa shape index (κ2) is 6.99. The molecule has 0 saturated heterocycles. The van der Waals surface area contributed by atoms with E-state index in [0.29, 0.717) is 17.9 Å². The van der Waals surface area contributed by atoms with Crippen LogP contribution in [0.2, 0.25) is 0 Å². The molecule has 0 atom stereocenters. The number of rotatable bonds is 5. The van der Waals surface area contributed by atoms with Gasteiger partial charge in [0, 0.05) is 0 Å². The molecule has 2 aromatic rings. The Morgan fingerprint density at radius 3 is 2.42 bits per heavy atom. The maximum atomic E-state index is 12.8. The topological polar surface area (TPSA) is 141 Å². The molecule has 9 heteroatoms. The molecule has 0 fully saturated rings. The monoisotopic (exact) mass is 380 g/mol. The molecule has 2 rings (SSSR count). The van der Waals surface area contributed by atoms with Crippen molar-refractivity contribution < 1.29 is 13.2 Å². The van der Waals surface area contributed by atoms with Gasteiger partial charge in [0.2, 0.25) is 0 Å². The summed E-state index contributed by atoms with van der Waals surface area (Å²) < 4.78 is 30.2. The van der Waals surface area contributed by atoms with Crippen LogP contribution in [0.4, 0.5) is 11.5 Å². The largest absolute Gasteiger partial charge is 0.493 e. The summed E-state index contributed by atoms with van der Waals surface area (Å²) in [4.78, 5) is 18.6. The molecule has 0 radical (unpaired) electrons. The Morgan fingerprint density at radius 2 is 1.88 bits per heavy atom. The maximum absolute atomic E-state index is 12.8. The lowest BCUT2D eigenvalue weighted by atomic mass is 10.2. The number of sulfone groups is 1. The molecule has 26 heavy (non-hydrogen) atoms. The van der Waals surface area contributed by atoms with Crippen molar-refractivity contribution in [1.82, 2.24) is 9.97 Å². The molecule has 5 N–H and O–H groups in total. The van der Waals surface area contributed by atoms with E-state index in [9.17, 15) is 13.2 Å². The number of aromatic amines is 1. The number of ether oxygens (including phenoxy) is 1. The summed E-state index contributed by atoms with van der Waals surface area (Å²) in [5.41, 5.74) is 10.8. The van der Waals surface area contributed by atoms with Gasteiger partial charge in [-0.15, -0.1) is 0 Å². The molecule has 1 heterocycles. The molecule has 0 unspecified atom stereocenters. The van der Waals surface area contributed by atoms with Crippen LogP contribution in [0.1, 0.15) is 34.1 Å². The minimum Gasteiger partial charge on any atom is -0.493 e. The number of nitrogens with two attached hydrogens (primary N) is 2. The molecule has 0 saturated carbocycles. The minimum absolute atomic E-state index is 0.0961. The molecule has 1 aromatic heterocycles. The van der Waals surface area contributed by atoms with Crippen molar-refractivity contribution in [2.45, 2.75) is 43.8 Å². The first-order chi connectivity index (χ1) is 12.0. The molecule has 0 bridgehead atoms. The minimum atomic E-state index is -3.60. The van der Waals surface area contributed by atoms with Crippen LogP contribution in [-0.4, -0.2) is 29.7 Å². The molecule has 0 amide bonds. The smallest absolute Gasteiger partial charge is 0.276 e. The number of hydrogen-bond donors (Lipinski definition) is 3. The van der Waals surface area contributed by atoms with E-state index in [1.807, 2.05) is 6.92 Å². The SMILES string of the molecule is CCCOc1ccc(S(=O)(=O)C(C)(C)C)cc1-c1nc(N)c(N)c(=O)[nH]1. The maximum Gasteiger partial charge on any atom is 0.276 e. The second-order valence-corrected chi connectivity index (χ2v) is 9.54. The fourth-order valence-corrected chi connectivity index (χ4v) is 3.41. The van der Waals surface area contributed by atoms with Gasteiger partial charge in [0.05, 0.1) is 21.8 Å². The standard InChI is InChI=1S/C17H24N4O4S/c1-5-8-25-12-7-6-10(26(23,24)17(2,3)4)9-11(12)15-20-14(19)13(18)16(22)21-15/h6-7,9H,5,8,18H2,1-4H3,(H3,19,20,21,22). The number of benzene rings is 1. The third-order valence-corrected chi connectivity index (χ3v) is 6.26. The molecular formula is C17H24N4O4S. The number of aromatic nitrogens is 2. The highest BCUT2D eigenvalue weighted by atomic mass is 32.2. The third-order valence-electron chi connectivity index (χ3n) is 3.77. The zero-order chi connectivity index (χ0) is 19.7. The fourth-order valence-electron chi connectivity index (χ4n) is 2.18. The first-order valence-corrected chi connectivity index (χ1v) is 9.64. The second-order valence-electron chi connectivity index (χ2n) is 6.84. The van der Waals surface area contributed by atoms with E-state index in [0.717, 1.165) is 6.42 Å². The van der Waals surface area contributed by atoms with Gasteiger partial charge in [-0.25, -0.2) is 13.4 Å². The van der Waals surface area contributed by atoms with E-state index >= 15 is 0 Å². The van der Waals surface area contributed by atoms with Crippen LogP contribution >= 0.6 is 0 Å². The number of nitrogens with zero attached hydrogens (tertiary/aromatic N) is 1. The van der Waals surface area contributed by atoms with E-state index in [4.69, 9.17) is 16.2 Å². The highest BCUT2D eigenvalue weighted by Gasteiger charge is 2.31. The van der Waals surface area contributed by atoms with Gasteiger partial charge in [-0.1, -0.05) is 6.92 Å². The Kier molecular flexibility index (Phi) is 5.31. The average molecular weight is 380 g/mol. The zero-order valence-corrected chi connectivity index (χ0v) is 16.1. The van der Waals surface area contributed by atoms with Gasteiger partial charge in [0.15, 0.2) is 15.7 Å². The van der Waals surface area contributed by atoms with Gasteiger partial charge in [-0.2, -0.15) is 0 Å². The number of H-pyrrole nitrogens is 1. The number of hydrogen-bond acceptors (Lipinski definition) is 7. The molecule has 0 spiro atoms. The van der Waals surface area contributed by atoms with Gasteiger partial charge < -0.3 is 21.2 Å². The van der Waals surface area contributed by atoms with Gasteiger partial charge in [0.1, 0.15) is 17.3 Å². The van der Waals surface area contributed by atoms with Gasteiger partial charge >= 0.3 is 0 Å². The van der Waals surface area contributed by atoms with Crippen molar-refractivity contribution in [3.8, 4) is 17.1 Å². The predicted molar refractivity (Wildman–Crippen MR) is 102 cm³/mol. The van der Waals surface area contributed by atoms with Crippen molar-refractivity contribution in [1.29, 1.82) is 0 Å².